The number of amides is 1. The quantitative estimate of drug-likeness (QED) is 0.389. The number of hydrogen-bond donors (Lipinski definition) is 2. The first kappa shape index (κ1) is 11.6. The molecule has 5 heteroatoms. The first-order valence-corrected chi connectivity index (χ1v) is 4.38. The minimum Gasteiger partial charge on any atom is -0.450 e. The Labute approximate surface area is 78.0 Å². The summed E-state index contributed by atoms with van der Waals surface area (Å²) in [4.78, 5) is 10.7. The summed E-state index contributed by atoms with van der Waals surface area (Å²) >= 11 is 4.00. The van der Waals surface area contributed by atoms with Gasteiger partial charge in [0, 0.05) is 6.54 Å². The highest BCUT2D eigenvalue weighted by atomic mass is 32.1. The Morgan fingerprint density at radius 3 is 2.83 bits per heavy atom. The van der Waals surface area contributed by atoms with Crippen molar-refractivity contribution in [3.8, 4) is 0 Å². The van der Waals surface area contributed by atoms with Crippen molar-refractivity contribution in [2.45, 2.75) is 19.3 Å². The van der Waals surface area contributed by atoms with Crippen molar-refractivity contribution in [1.29, 1.82) is 0 Å². The van der Waals surface area contributed by atoms with Crippen LogP contribution in [0.2, 0.25) is 0 Å². The van der Waals surface area contributed by atoms with Gasteiger partial charge in [0.25, 0.3) is 0 Å². The zero-order chi connectivity index (χ0) is 9.40. The number of rotatable bonds is 5. The highest BCUT2D eigenvalue weighted by Crippen LogP contribution is 1.92. The van der Waals surface area contributed by atoms with Gasteiger partial charge in [-0.25, -0.2) is 4.79 Å². The summed E-state index contributed by atoms with van der Waals surface area (Å²) in [6.45, 7) is 4.85. The Bertz CT molecular complexity index is 130. The molecule has 0 fully saturated rings. The lowest BCUT2D eigenvalue weighted by molar-refractivity contribution is 0.118. The molecule has 1 amide bonds. The number of ether oxygens (including phenoxy) is 2. The third kappa shape index (κ3) is 7.68. The summed E-state index contributed by atoms with van der Waals surface area (Å²) in [6, 6.07) is 0. The van der Waals surface area contributed by atoms with Crippen molar-refractivity contribution in [2.24, 2.45) is 0 Å². The number of carbonyl (C=O) groups is 1. The standard InChI is InChI=1S/C7H15NO3S/c1-3-10-7(9)8-4-5-11-6(2)12/h6,12H,3-5H2,1-2H3,(H,8,9). The molecule has 1 N–H and O–H groups in total. The third-order valence-electron chi connectivity index (χ3n) is 1.01. The fourth-order valence-corrected chi connectivity index (χ4v) is 0.670. The molecular formula is C7H15NO3S. The third-order valence-corrected chi connectivity index (χ3v) is 1.15. The highest BCUT2D eigenvalue weighted by molar-refractivity contribution is 7.80. The number of alkyl carbamates (subject to hydrolysis) is 1. The van der Waals surface area contributed by atoms with Gasteiger partial charge >= 0.3 is 6.09 Å². The van der Waals surface area contributed by atoms with Crippen LogP contribution in [0.25, 0.3) is 0 Å². The lowest BCUT2D eigenvalue weighted by Crippen LogP contribution is -2.28. The van der Waals surface area contributed by atoms with Crippen molar-refractivity contribution >= 4 is 18.7 Å². The van der Waals surface area contributed by atoms with E-state index in [0.717, 1.165) is 0 Å². The van der Waals surface area contributed by atoms with Crippen LogP contribution in [0, 0.1) is 0 Å². The molecule has 0 spiro atoms. The molecule has 1 atom stereocenters. The Morgan fingerprint density at radius 2 is 2.33 bits per heavy atom. The number of carbonyl (C=O) groups excluding carboxylic acids is 1. The van der Waals surface area contributed by atoms with Crippen LogP contribution in [0.15, 0.2) is 0 Å². The van der Waals surface area contributed by atoms with Crippen LogP contribution < -0.4 is 5.32 Å². The normalized spacial score (nSPS) is 12.2. The van der Waals surface area contributed by atoms with Gasteiger partial charge in [-0.15, -0.1) is 12.6 Å². The van der Waals surface area contributed by atoms with E-state index in [0.29, 0.717) is 19.8 Å². The van der Waals surface area contributed by atoms with Crippen LogP contribution in [0.1, 0.15) is 13.8 Å². The fourth-order valence-electron chi connectivity index (χ4n) is 0.565. The van der Waals surface area contributed by atoms with Crippen LogP contribution in [0.3, 0.4) is 0 Å². The first-order chi connectivity index (χ1) is 5.66. The molecule has 0 radical (unpaired) electrons. The summed E-state index contributed by atoms with van der Waals surface area (Å²) in [5.74, 6) is 0. The number of nitrogens with one attached hydrogen (secondary N) is 1. The van der Waals surface area contributed by atoms with E-state index in [1.54, 1.807) is 6.92 Å². The smallest absolute Gasteiger partial charge is 0.407 e. The molecule has 0 aliphatic heterocycles. The van der Waals surface area contributed by atoms with Crippen molar-refractivity contribution in [3.63, 3.8) is 0 Å². The molecule has 1 unspecified atom stereocenters. The van der Waals surface area contributed by atoms with Gasteiger partial charge in [0.1, 0.15) is 0 Å². The molecule has 12 heavy (non-hydrogen) atoms. The molecule has 0 saturated heterocycles. The second kappa shape index (κ2) is 7.24. The predicted molar refractivity (Wildman–Crippen MR) is 49.4 cm³/mol. The Kier molecular flexibility index (Phi) is 6.99. The van der Waals surface area contributed by atoms with Gasteiger partial charge < -0.3 is 14.8 Å². The van der Waals surface area contributed by atoms with E-state index in [9.17, 15) is 4.79 Å². The van der Waals surface area contributed by atoms with E-state index in [2.05, 4.69) is 22.7 Å². The second-order valence-corrected chi connectivity index (χ2v) is 2.84. The van der Waals surface area contributed by atoms with Gasteiger partial charge in [0.05, 0.1) is 18.6 Å². The van der Waals surface area contributed by atoms with Crippen LogP contribution in [-0.4, -0.2) is 31.3 Å². The molecule has 72 valence electrons. The Hall–Kier alpha value is -0.420. The van der Waals surface area contributed by atoms with Gasteiger partial charge in [-0.05, 0) is 13.8 Å². The van der Waals surface area contributed by atoms with Crippen molar-refractivity contribution in [1.82, 2.24) is 5.32 Å². The summed E-state index contributed by atoms with van der Waals surface area (Å²) in [7, 11) is 0. The summed E-state index contributed by atoms with van der Waals surface area (Å²) < 4.78 is 9.69. The lowest BCUT2D eigenvalue weighted by Gasteiger charge is -2.07. The van der Waals surface area contributed by atoms with Crippen molar-refractivity contribution in [2.75, 3.05) is 19.8 Å². The minimum absolute atomic E-state index is 0.103. The summed E-state index contributed by atoms with van der Waals surface area (Å²) in [5.41, 5.74) is -0.103. The van der Waals surface area contributed by atoms with E-state index in [1.807, 2.05) is 6.92 Å². The van der Waals surface area contributed by atoms with Crippen molar-refractivity contribution in [3.05, 3.63) is 0 Å². The molecule has 0 aromatic heterocycles. The van der Waals surface area contributed by atoms with E-state index in [-0.39, 0.29) is 5.44 Å². The molecule has 0 aromatic rings. The maximum absolute atomic E-state index is 10.7. The van der Waals surface area contributed by atoms with Crippen molar-refractivity contribution < 1.29 is 14.3 Å². The SMILES string of the molecule is CCOC(=O)NCCOC(C)S. The largest absolute Gasteiger partial charge is 0.450 e. The zero-order valence-electron chi connectivity index (χ0n) is 7.37. The minimum atomic E-state index is -0.409. The summed E-state index contributed by atoms with van der Waals surface area (Å²) in [6.07, 6.45) is -0.409. The maximum atomic E-state index is 10.7. The van der Waals surface area contributed by atoms with Gasteiger partial charge in [-0.1, -0.05) is 0 Å². The first-order valence-electron chi connectivity index (χ1n) is 3.87. The van der Waals surface area contributed by atoms with E-state index >= 15 is 0 Å². The predicted octanol–water partition coefficient (Wildman–Crippen LogP) is 1.02. The molecule has 0 rings (SSSR count). The summed E-state index contributed by atoms with van der Waals surface area (Å²) in [5, 5.41) is 2.52. The maximum Gasteiger partial charge on any atom is 0.407 e. The average Bonchev–Trinajstić information content (AvgIpc) is 1.98. The van der Waals surface area contributed by atoms with Gasteiger partial charge in [0.2, 0.25) is 0 Å². The Morgan fingerprint density at radius 1 is 1.67 bits per heavy atom. The van der Waals surface area contributed by atoms with E-state index in [1.165, 1.54) is 0 Å². The molecule has 4 nitrogen and oxygen atoms in total. The van der Waals surface area contributed by atoms with Crippen LogP contribution in [0.5, 0.6) is 0 Å². The number of hydrogen-bond acceptors (Lipinski definition) is 4. The van der Waals surface area contributed by atoms with Gasteiger partial charge in [0.15, 0.2) is 0 Å². The van der Waals surface area contributed by atoms with Crippen LogP contribution >= 0.6 is 12.6 Å². The molecule has 0 aliphatic rings. The number of thiol groups is 1. The van der Waals surface area contributed by atoms with E-state index < -0.39 is 6.09 Å². The highest BCUT2D eigenvalue weighted by Gasteiger charge is 1.98. The molecule has 0 heterocycles. The monoisotopic (exact) mass is 193 g/mol. The average molecular weight is 193 g/mol. The van der Waals surface area contributed by atoms with Gasteiger partial charge in [-0.2, -0.15) is 0 Å². The fraction of sp³-hybridized carbons (Fsp3) is 0.857. The lowest BCUT2D eigenvalue weighted by atomic mass is 10.7. The van der Waals surface area contributed by atoms with Gasteiger partial charge in [-0.3, -0.25) is 0 Å². The molecule has 0 bridgehead atoms. The topological polar surface area (TPSA) is 47.6 Å². The van der Waals surface area contributed by atoms with Crippen LogP contribution in [0.4, 0.5) is 4.79 Å². The zero-order valence-corrected chi connectivity index (χ0v) is 8.27. The Balaban J connectivity index is 3.14. The van der Waals surface area contributed by atoms with Crippen LogP contribution in [-0.2, 0) is 9.47 Å². The molecule has 0 aromatic carbocycles. The molecule has 0 saturated carbocycles. The van der Waals surface area contributed by atoms with E-state index in [4.69, 9.17) is 4.74 Å². The molecule has 0 aliphatic carbocycles. The second-order valence-electron chi connectivity index (χ2n) is 2.12. The molecular weight excluding hydrogens is 178 g/mol.